The van der Waals surface area contributed by atoms with Gasteiger partial charge in [-0.1, -0.05) is 29.3 Å². The zero-order valence-electron chi connectivity index (χ0n) is 11.9. The van der Waals surface area contributed by atoms with Crippen molar-refractivity contribution in [2.45, 2.75) is 32.3 Å². The summed E-state index contributed by atoms with van der Waals surface area (Å²) in [5, 5.41) is 3.77. The number of alkyl carbamates (subject to hydrolysis) is 1. The van der Waals surface area contributed by atoms with Gasteiger partial charge in [0, 0.05) is 29.1 Å². The Balaban J connectivity index is 2.71. The van der Waals surface area contributed by atoms with Gasteiger partial charge in [0.25, 0.3) is 0 Å². The fourth-order valence-corrected chi connectivity index (χ4v) is 2.43. The van der Waals surface area contributed by atoms with E-state index in [0.29, 0.717) is 23.1 Å². The Bertz CT molecular complexity index is 452. The first-order chi connectivity index (χ1) is 9.24. The van der Waals surface area contributed by atoms with E-state index in [1.165, 1.54) is 0 Å². The van der Waals surface area contributed by atoms with Crippen LogP contribution in [0.15, 0.2) is 18.2 Å². The highest BCUT2D eigenvalue weighted by Gasteiger charge is 2.20. The molecular formula is C14H20Cl2N2O2. The van der Waals surface area contributed by atoms with E-state index in [-0.39, 0.29) is 5.92 Å². The number of rotatable bonds is 4. The third-order valence-electron chi connectivity index (χ3n) is 2.58. The lowest BCUT2D eigenvalue weighted by atomic mass is 9.99. The summed E-state index contributed by atoms with van der Waals surface area (Å²) in [6.45, 7) is 6.04. The van der Waals surface area contributed by atoms with Gasteiger partial charge >= 0.3 is 6.09 Å². The van der Waals surface area contributed by atoms with Gasteiger partial charge in [0.15, 0.2) is 0 Å². The number of nitrogens with one attached hydrogen (secondary N) is 1. The van der Waals surface area contributed by atoms with Crippen molar-refractivity contribution in [3.63, 3.8) is 0 Å². The van der Waals surface area contributed by atoms with Crippen molar-refractivity contribution in [1.82, 2.24) is 5.32 Å². The van der Waals surface area contributed by atoms with Gasteiger partial charge in [0.2, 0.25) is 0 Å². The van der Waals surface area contributed by atoms with Gasteiger partial charge in [0.05, 0.1) is 0 Å². The zero-order valence-corrected chi connectivity index (χ0v) is 13.4. The lowest BCUT2D eigenvalue weighted by Crippen LogP contribution is -2.36. The van der Waals surface area contributed by atoms with Gasteiger partial charge in [0.1, 0.15) is 5.60 Å². The van der Waals surface area contributed by atoms with Crippen LogP contribution in [-0.4, -0.2) is 24.8 Å². The predicted molar refractivity (Wildman–Crippen MR) is 82.5 cm³/mol. The molecule has 0 aliphatic carbocycles. The molecule has 1 atom stereocenters. The first-order valence-electron chi connectivity index (χ1n) is 6.35. The summed E-state index contributed by atoms with van der Waals surface area (Å²) in [5.74, 6) is -0.163. The Morgan fingerprint density at radius 1 is 1.35 bits per heavy atom. The Labute approximate surface area is 129 Å². The highest BCUT2D eigenvalue weighted by Crippen LogP contribution is 2.30. The molecule has 0 aliphatic heterocycles. The number of hydrogen-bond acceptors (Lipinski definition) is 3. The fraction of sp³-hybridized carbons (Fsp3) is 0.500. The maximum Gasteiger partial charge on any atom is 0.407 e. The second-order valence-electron chi connectivity index (χ2n) is 5.45. The molecule has 0 radical (unpaired) electrons. The topological polar surface area (TPSA) is 64.3 Å². The van der Waals surface area contributed by atoms with E-state index in [0.717, 1.165) is 5.56 Å². The average Bonchev–Trinajstić information content (AvgIpc) is 2.30. The van der Waals surface area contributed by atoms with Crippen LogP contribution in [0.25, 0.3) is 0 Å². The molecule has 0 aliphatic rings. The smallest absolute Gasteiger partial charge is 0.407 e. The first-order valence-corrected chi connectivity index (χ1v) is 7.11. The molecule has 112 valence electrons. The third kappa shape index (κ3) is 5.19. The van der Waals surface area contributed by atoms with Crippen LogP contribution in [0.4, 0.5) is 4.79 Å². The Morgan fingerprint density at radius 2 is 1.90 bits per heavy atom. The number of amides is 1. The highest BCUT2D eigenvalue weighted by atomic mass is 35.5. The van der Waals surface area contributed by atoms with Crippen molar-refractivity contribution in [3.8, 4) is 0 Å². The van der Waals surface area contributed by atoms with Crippen molar-refractivity contribution < 1.29 is 9.53 Å². The summed E-state index contributed by atoms with van der Waals surface area (Å²) in [6.07, 6.45) is -0.487. The summed E-state index contributed by atoms with van der Waals surface area (Å²) in [4.78, 5) is 11.6. The molecule has 1 amide bonds. The molecule has 0 spiro atoms. The minimum absolute atomic E-state index is 0.163. The van der Waals surface area contributed by atoms with Crippen LogP contribution in [0.3, 0.4) is 0 Å². The van der Waals surface area contributed by atoms with E-state index in [2.05, 4.69) is 5.32 Å². The summed E-state index contributed by atoms with van der Waals surface area (Å²) in [6, 6.07) is 5.26. The number of benzene rings is 1. The molecule has 0 saturated heterocycles. The van der Waals surface area contributed by atoms with E-state index in [1.54, 1.807) is 39.0 Å². The predicted octanol–water partition coefficient (Wildman–Crippen LogP) is 3.56. The molecule has 0 aromatic heterocycles. The van der Waals surface area contributed by atoms with Crippen LogP contribution in [0, 0.1) is 0 Å². The maximum absolute atomic E-state index is 11.6. The third-order valence-corrected chi connectivity index (χ3v) is 3.24. The van der Waals surface area contributed by atoms with E-state index in [9.17, 15) is 4.79 Å². The lowest BCUT2D eigenvalue weighted by Gasteiger charge is -2.22. The van der Waals surface area contributed by atoms with Crippen molar-refractivity contribution in [3.05, 3.63) is 33.8 Å². The number of nitrogens with two attached hydrogens (primary N) is 1. The molecule has 20 heavy (non-hydrogen) atoms. The molecule has 0 heterocycles. The van der Waals surface area contributed by atoms with E-state index < -0.39 is 11.7 Å². The lowest BCUT2D eigenvalue weighted by molar-refractivity contribution is 0.0525. The molecule has 4 nitrogen and oxygen atoms in total. The zero-order chi connectivity index (χ0) is 15.3. The van der Waals surface area contributed by atoms with Crippen LogP contribution in [0.5, 0.6) is 0 Å². The molecule has 1 aromatic rings. The molecule has 3 N–H and O–H groups in total. The van der Waals surface area contributed by atoms with Crippen LogP contribution in [-0.2, 0) is 4.74 Å². The van der Waals surface area contributed by atoms with Crippen LogP contribution < -0.4 is 11.1 Å². The van der Waals surface area contributed by atoms with Crippen LogP contribution in [0.1, 0.15) is 32.3 Å². The van der Waals surface area contributed by atoms with Gasteiger partial charge in [-0.2, -0.15) is 0 Å². The number of carbonyl (C=O) groups is 1. The number of carbonyl (C=O) groups excluding carboxylic acids is 1. The Kier molecular flexibility index (Phi) is 6.11. The number of halogens is 2. The van der Waals surface area contributed by atoms with Gasteiger partial charge in [-0.15, -0.1) is 0 Å². The standard InChI is InChI=1S/C14H20Cl2N2O2/c1-14(2,3)20-13(19)18-8-9(7-17)12-10(15)5-4-6-11(12)16/h4-6,9H,7-8,17H2,1-3H3,(H,18,19). The second-order valence-corrected chi connectivity index (χ2v) is 6.27. The summed E-state index contributed by atoms with van der Waals surface area (Å²) in [7, 11) is 0. The summed E-state index contributed by atoms with van der Waals surface area (Å²) in [5.41, 5.74) is 5.95. The van der Waals surface area contributed by atoms with Crippen LogP contribution in [0.2, 0.25) is 10.0 Å². The molecule has 6 heteroatoms. The Hall–Kier alpha value is -0.970. The van der Waals surface area contributed by atoms with Gasteiger partial charge < -0.3 is 15.8 Å². The summed E-state index contributed by atoms with van der Waals surface area (Å²) < 4.78 is 5.17. The monoisotopic (exact) mass is 318 g/mol. The molecule has 0 bridgehead atoms. The van der Waals surface area contributed by atoms with Crippen molar-refractivity contribution in [2.75, 3.05) is 13.1 Å². The summed E-state index contributed by atoms with van der Waals surface area (Å²) >= 11 is 12.3. The van der Waals surface area contributed by atoms with Gasteiger partial charge in [-0.05, 0) is 38.5 Å². The molecule has 0 fully saturated rings. The molecular weight excluding hydrogens is 299 g/mol. The normalized spacial score (nSPS) is 12.9. The minimum atomic E-state index is -0.537. The van der Waals surface area contributed by atoms with Crippen LogP contribution >= 0.6 is 23.2 Å². The van der Waals surface area contributed by atoms with Crippen molar-refractivity contribution >= 4 is 29.3 Å². The quantitative estimate of drug-likeness (QED) is 0.892. The Morgan fingerprint density at radius 3 is 2.35 bits per heavy atom. The second kappa shape index (κ2) is 7.16. The molecule has 0 saturated carbocycles. The number of hydrogen-bond donors (Lipinski definition) is 2. The largest absolute Gasteiger partial charge is 0.444 e. The molecule has 1 rings (SSSR count). The van der Waals surface area contributed by atoms with E-state index in [1.807, 2.05) is 0 Å². The SMILES string of the molecule is CC(C)(C)OC(=O)NCC(CN)c1c(Cl)cccc1Cl. The van der Waals surface area contributed by atoms with Gasteiger partial charge in [-0.25, -0.2) is 4.79 Å². The van der Waals surface area contributed by atoms with E-state index >= 15 is 0 Å². The average molecular weight is 319 g/mol. The first kappa shape index (κ1) is 17.1. The van der Waals surface area contributed by atoms with Gasteiger partial charge in [-0.3, -0.25) is 0 Å². The molecule has 1 unspecified atom stereocenters. The fourth-order valence-electron chi connectivity index (χ4n) is 1.72. The number of ether oxygens (including phenoxy) is 1. The van der Waals surface area contributed by atoms with Crippen molar-refractivity contribution in [1.29, 1.82) is 0 Å². The van der Waals surface area contributed by atoms with E-state index in [4.69, 9.17) is 33.7 Å². The maximum atomic E-state index is 11.6. The molecule has 1 aromatic carbocycles. The highest BCUT2D eigenvalue weighted by molar-refractivity contribution is 6.36. The minimum Gasteiger partial charge on any atom is -0.444 e. The van der Waals surface area contributed by atoms with Crippen molar-refractivity contribution in [2.24, 2.45) is 5.73 Å².